The fourth-order valence-electron chi connectivity index (χ4n) is 1.34. The fourth-order valence-corrected chi connectivity index (χ4v) is 2.09. The van der Waals surface area contributed by atoms with Gasteiger partial charge < -0.3 is 5.32 Å². The van der Waals surface area contributed by atoms with Gasteiger partial charge in [-0.25, -0.2) is 4.98 Å². The van der Waals surface area contributed by atoms with Crippen molar-refractivity contribution in [1.82, 2.24) is 4.98 Å². The van der Waals surface area contributed by atoms with Crippen LogP contribution in [0.2, 0.25) is 5.15 Å². The highest BCUT2D eigenvalue weighted by Crippen LogP contribution is 2.20. The maximum atomic E-state index is 8.83. The average Bonchev–Trinajstić information content (AvgIpc) is 2.28. The van der Waals surface area contributed by atoms with Gasteiger partial charge in [0.05, 0.1) is 11.6 Å². The van der Waals surface area contributed by atoms with Gasteiger partial charge in [-0.1, -0.05) is 17.7 Å². The van der Waals surface area contributed by atoms with E-state index in [0.717, 1.165) is 9.26 Å². The molecule has 0 saturated carbocycles. The summed E-state index contributed by atoms with van der Waals surface area (Å²) in [6.07, 6.45) is 0. The molecule has 2 aromatic rings. The van der Waals surface area contributed by atoms with Crippen LogP contribution in [0.3, 0.4) is 0 Å². The Balaban J connectivity index is 2.30. The Bertz CT molecular complexity index is 593. The Kier molecular flexibility index (Phi) is 3.82. The van der Waals surface area contributed by atoms with Crippen molar-refractivity contribution >= 4 is 45.7 Å². The largest absolute Gasteiger partial charge is 0.340 e. The lowest BCUT2D eigenvalue weighted by atomic mass is 10.2. The van der Waals surface area contributed by atoms with Gasteiger partial charge in [-0.2, -0.15) is 5.26 Å². The number of hydrogen-bond donors (Lipinski definition) is 1. The summed E-state index contributed by atoms with van der Waals surface area (Å²) in [5.41, 5.74) is 1.40. The predicted octanol–water partition coefficient (Wildman–Crippen LogP) is 3.95. The molecule has 0 bridgehead atoms. The Hall–Kier alpha value is -1.32. The Morgan fingerprint density at radius 1 is 1.29 bits per heavy atom. The number of rotatable bonds is 2. The summed E-state index contributed by atoms with van der Waals surface area (Å²) >= 11 is 8.05. The second kappa shape index (κ2) is 5.34. The number of benzene rings is 1. The van der Waals surface area contributed by atoms with Crippen molar-refractivity contribution in [2.24, 2.45) is 0 Å². The summed E-state index contributed by atoms with van der Waals surface area (Å²) in [4.78, 5) is 4.11. The summed E-state index contributed by atoms with van der Waals surface area (Å²) < 4.78 is 1.12. The number of nitrogens with zero attached hydrogens (tertiary/aromatic N) is 2. The molecule has 1 aromatic carbocycles. The lowest BCUT2D eigenvalue weighted by Crippen LogP contribution is -1.94. The number of nitrogens with one attached hydrogen (secondary N) is 1. The first kappa shape index (κ1) is 12.1. The summed E-state index contributed by atoms with van der Waals surface area (Å²) in [5.74, 6) is 0.566. The fraction of sp³-hybridized carbons (Fsp3) is 0. The molecule has 0 unspecified atom stereocenters. The van der Waals surface area contributed by atoms with E-state index >= 15 is 0 Å². The Labute approximate surface area is 118 Å². The molecule has 17 heavy (non-hydrogen) atoms. The Morgan fingerprint density at radius 2 is 2.12 bits per heavy atom. The minimum absolute atomic E-state index is 0.303. The van der Waals surface area contributed by atoms with E-state index in [4.69, 9.17) is 16.9 Å². The molecule has 1 aromatic heterocycles. The molecule has 0 atom stereocenters. The summed E-state index contributed by atoms with van der Waals surface area (Å²) in [7, 11) is 0. The standard InChI is InChI=1S/C12H7ClIN3/c13-11-4-8(7-15)5-12(17-11)16-10-3-1-2-9(14)6-10/h1-6H,(H,16,17). The van der Waals surface area contributed by atoms with E-state index in [-0.39, 0.29) is 0 Å². The maximum Gasteiger partial charge on any atom is 0.133 e. The first-order valence-corrected chi connectivity index (χ1v) is 6.23. The topological polar surface area (TPSA) is 48.7 Å². The van der Waals surface area contributed by atoms with Crippen molar-refractivity contribution in [3.05, 3.63) is 50.7 Å². The SMILES string of the molecule is N#Cc1cc(Cl)nc(Nc2cccc(I)c2)c1. The molecular formula is C12H7ClIN3. The number of hydrogen-bond acceptors (Lipinski definition) is 3. The van der Waals surface area contributed by atoms with E-state index < -0.39 is 0 Å². The first-order chi connectivity index (χ1) is 8.17. The number of anilines is 2. The van der Waals surface area contributed by atoms with Crippen LogP contribution in [0.4, 0.5) is 11.5 Å². The number of pyridine rings is 1. The average molecular weight is 356 g/mol. The molecule has 1 N–H and O–H groups in total. The van der Waals surface area contributed by atoms with Crippen LogP contribution in [-0.2, 0) is 0 Å². The van der Waals surface area contributed by atoms with Crippen molar-refractivity contribution in [2.45, 2.75) is 0 Å². The van der Waals surface area contributed by atoms with Crippen molar-refractivity contribution in [3.63, 3.8) is 0 Å². The van der Waals surface area contributed by atoms with Crippen molar-refractivity contribution in [3.8, 4) is 6.07 Å². The number of aromatic nitrogens is 1. The number of nitriles is 1. The summed E-state index contributed by atoms with van der Waals surface area (Å²) in [6, 6.07) is 13.1. The predicted molar refractivity (Wildman–Crippen MR) is 76.4 cm³/mol. The monoisotopic (exact) mass is 355 g/mol. The van der Waals surface area contributed by atoms with Crippen molar-refractivity contribution in [1.29, 1.82) is 5.26 Å². The van der Waals surface area contributed by atoms with E-state index in [1.165, 1.54) is 6.07 Å². The van der Waals surface area contributed by atoms with Crippen LogP contribution in [-0.4, -0.2) is 4.98 Å². The second-order valence-electron chi connectivity index (χ2n) is 3.31. The first-order valence-electron chi connectivity index (χ1n) is 4.77. The molecule has 1 heterocycles. The molecule has 0 amide bonds. The zero-order valence-electron chi connectivity index (χ0n) is 8.61. The Morgan fingerprint density at radius 3 is 2.82 bits per heavy atom. The van der Waals surface area contributed by atoms with E-state index in [0.29, 0.717) is 16.5 Å². The highest BCUT2D eigenvalue weighted by atomic mass is 127. The van der Waals surface area contributed by atoms with Crippen LogP contribution in [0, 0.1) is 14.9 Å². The molecule has 0 fully saturated rings. The van der Waals surface area contributed by atoms with Crippen LogP contribution >= 0.6 is 34.2 Å². The van der Waals surface area contributed by atoms with E-state index in [9.17, 15) is 0 Å². The zero-order valence-corrected chi connectivity index (χ0v) is 11.5. The van der Waals surface area contributed by atoms with Crippen LogP contribution < -0.4 is 5.32 Å². The molecular weight excluding hydrogens is 349 g/mol. The van der Waals surface area contributed by atoms with E-state index in [2.05, 4.69) is 32.9 Å². The number of halogens is 2. The molecule has 84 valence electrons. The quantitative estimate of drug-likeness (QED) is 0.655. The molecule has 0 aliphatic heterocycles. The minimum atomic E-state index is 0.303. The van der Waals surface area contributed by atoms with Gasteiger partial charge in [0.1, 0.15) is 11.0 Å². The van der Waals surface area contributed by atoms with Gasteiger partial charge in [0, 0.05) is 9.26 Å². The van der Waals surface area contributed by atoms with Gasteiger partial charge in [0.2, 0.25) is 0 Å². The second-order valence-corrected chi connectivity index (χ2v) is 4.94. The molecule has 2 rings (SSSR count). The van der Waals surface area contributed by atoms with Crippen molar-refractivity contribution < 1.29 is 0 Å². The molecule has 3 nitrogen and oxygen atoms in total. The minimum Gasteiger partial charge on any atom is -0.340 e. The molecule has 0 spiro atoms. The molecule has 0 saturated heterocycles. The van der Waals surface area contributed by atoms with Crippen LogP contribution in [0.5, 0.6) is 0 Å². The maximum absolute atomic E-state index is 8.83. The van der Waals surface area contributed by atoms with Crippen LogP contribution in [0.1, 0.15) is 5.56 Å². The molecule has 0 aliphatic rings. The summed E-state index contributed by atoms with van der Waals surface area (Å²) in [5, 5.41) is 12.2. The highest BCUT2D eigenvalue weighted by Gasteiger charge is 2.01. The van der Waals surface area contributed by atoms with E-state index in [1.54, 1.807) is 6.07 Å². The third-order valence-electron chi connectivity index (χ3n) is 2.02. The zero-order chi connectivity index (χ0) is 12.3. The van der Waals surface area contributed by atoms with Gasteiger partial charge in [-0.05, 0) is 52.9 Å². The lowest BCUT2D eigenvalue weighted by Gasteiger charge is -2.06. The van der Waals surface area contributed by atoms with Gasteiger partial charge >= 0.3 is 0 Å². The van der Waals surface area contributed by atoms with Crippen molar-refractivity contribution in [2.75, 3.05) is 5.32 Å². The molecule has 0 aliphatic carbocycles. The van der Waals surface area contributed by atoms with Gasteiger partial charge in [-0.15, -0.1) is 0 Å². The van der Waals surface area contributed by atoms with Crippen LogP contribution in [0.25, 0.3) is 0 Å². The van der Waals surface area contributed by atoms with Gasteiger partial charge in [-0.3, -0.25) is 0 Å². The van der Waals surface area contributed by atoms with Gasteiger partial charge in [0.25, 0.3) is 0 Å². The van der Waals surface area contributed by atoms with Crippen LogP contribution in [0.15, 0.2) is 36.4 Å². The smallest absolute Gasteiger partial charge is 0.133 e. The summed E-state index contributed by atoms with van der Waals surface area (Å²) in [6.45, 7) is 0. The highest BCUT2D eigenvalue weighted by molar-refractivity contribution is 14.1. The molecule has 5 heteroatoms. The van der Waals surface area contributed by atoms with Gasteiger partial charge in [0.15, 0.2) is 0 Å². The lowest BCUT2D eigenvalue weighted by molar-refractivity contribution is 1.29. The van der Waals surface area contributed by atoms with E-state index in [1.807, 2.05) is 30.3 Å². The molecule has 0 radical (unpaired) electrons. The third-order valence-corrected chi connectivity index (χ3v) is 2.88. The third kappa shape index (κ3) is 3.32. The normalized spacial score (nSPS) is 9.71.